The van der Waals surface area contributed by atoms with Gasteiger partial charge in [-0.1, -0.05) is 29.8 Å². The SMILES string of the molecule is CC[C@@H](C)c1nc2ccc(Br)cc2c(=O)n1N=Cc1cc(I)c(O[C@H](C)C(=O)O)c(OC)c1. The van der Waals surface area contributed by atoms with Crippen LogP contribution in [0.2, 0.25) is 0 Å². The standard InChI is InChI=1S/C23H23BrIN3O5/c1-5-12(2)21-27-18-7-6-15(24)10-16(18)22(29)28(21)26-11-14-8-17(25)20(19(9-14)32-4)33-13(3)23(30)31/h6-13H,5H2,1-4H3,(H,30,31)/t12-,13-/m1/s1. The average Bonchev–Trinajstić information content (AvgIpc) is 2.79. The van der Waals surface area contributed by atoms with Crippen LogP contribution in [0.1, 0.15) is 44.5 Å². The summed E-state index contributed by atoms with van der Waals surface area (Å²) in [5.41, 5.74) is 1.02. The van der Waals surface area contributed by atoms with Crippen LogP contribution in [0.3, 0.4) is 0 Å². The zero-order chi connectivity index (χ0) is 24.3. The van der Waals surface area contributed by atoms with Crippen LogP contribution in [-0.4, -0.2) is 40.2 Å². The second-order valence-corrected chi connectivity index (χ2v) is 9.51. The highest BCUT2D eigenvalue weighted by Gasteiger charge is 2.19. The Labute approximate surface area is 212 Å². The highest BCUT2D eigenvalue weighted by Crippen LogP contribution is 2.34. The third-order valence-corrected chi connectivity index (χ3v) is 6.40. The van der Waals surface area contributed by atoms with Gasteiger partial charge in [-0.15, -0.1) is 0 Å². The molecular formula is C23H23BrIN3O5. The second kappa shape index (κ2) is 10.6. The Morgan fingerprint density at radius 2 is 2.06 bits per heavy atom. The van der Waals surface area contributed by atoms with Gasteiger partial charge in [0.1, 0.15) is 5.82 Å². The van der Waals surface area contributed by atoms with Gasteiger partial charge in [0.15, 0.2) is 17.6 Å². The minimum absolute atomic E-state index is 0.0193. The van der Waals surface area contributed by atoms with E-state index in [4.69, 9.17) is 19.6 Å². The van der Waals surface area contributed by atoms with Crippen molar-refractivity contribution in [1.29, 1.82) is 0 Å². The van der Waals surface area contributed by atoms with Gasteiger partial charge in [-0.2, -0.15) is 9.78 Å². The minimum atomic E-state index is -1.08. The van der Waals surface area contributed by atoms with Crippen LogP contribution in [-0.2, 0) is 4.79 Å². The van der Waals surface area contributed by atoms with E-state index in [1.54, 1.807) is 24.4 Å². The lowest BCUT2D eigenvalue weighted by Crippen LogP contribution is -2.24. The fourth-order valence-electron chi connectivity index (χ4n) is 3.06. The average molecular weight is 628 g/mol. The van der Waals surface area contributed by atoms with Gasteiger partial charge in [-0.25, -0.2) is 9.78 Å². The van der Waals surface area contributed by atoms with Crippen LogP contribution < -0.4 is 15.0 Å². The number of hydrogen-bond donors (Lipinski definition) is 1. The third kappa shape index (κ3) is 5.55. The monoisotopic (exact) mass is 627 g/mol. The number of carboxylic acids is 1. The van der Waals surface area contributed by atoms with Crippen molar-refractivity contribution in [2.75, 3.05) is 7.11 Å². The van der Waals surface area contributed by atoms with Crippen molar-refractivity contribution in [2.24, 2.45) is 5.10 Å². The van der Waals surface area contributed by atoms with E-state index < -0.39 is 12.1 Å². The number of ether oxygens (including phenoxy) is 2. The summed E-state index contributed by atoms with van der Waals surface area (Å²) in [6, 6.07) is 8.85. The highest BCUT2D eigenvalue weighted by atomic mass is 127. The van der Waals surface area contributed by atoms with E-state index in [1.807, 2.05) is 48.6 Å². The molecule has 0 saturated carbocycles. The largest absolute Gasteiger partial charge is 0.493 e. The number of carbonyl (C=O) groups is 1. The number of nitrogens with zero attached hydrogens (tertiary/aromatic N) is 3. The van der Waals surface area contributed by atoms with Crippen LogP contribution in [0.25, 0.3) is 10.9 Å². The number of aromatic nitrogens is 2. The van der Waals surface area contributed by atoms with Gasteiger partial charge >= 0.3 is 5.97 Å². The lowest BCUT2D eigenvalue weighted by atomic mass is 10.1. The molecule has 0 aliphatic carbocycles. The zero-order valence-corrected chi connectivity index (χ0v) is 22.2. The molecule has 0 aliphatic heterocycles. The van der Waals surface area contributed by atoms with Crippen LogP contribution in [0.15, 0.2) is 44.7 Å². The number of rotatable bonds is 8. The molecule has 0 aliphatic rings. The molecule has 0 fully saturated rings. The summed E-state index contributed by atoms with van der Waals surface area (Å²) >= 11 is 5.45. The van der Waals surface area contributed by atoms with Crippen molar-refractivity contribution in [3.8, 4) is 11.5 Å². The number of halogens is 2. The van der Waals surface area contributed by atoms with Crippen molar-refractivity contribution < 1.29 is 19.4 Å². The van der Waals surface area contributed by atoms with E-state index in [0.29, 0.717) is 37.4 Å². The van der Waals surface area contributed by atoms with Gasteiger partial charge in [-0.3, -0.25) is 4.79 Å². The van der Waals surface area contributed by atoms with Crippen LogP contribution in [0.4, 0.5) is 0 Å². The third-order valence-electron chi connectivity index (χ3n) is 5.10. The van der Waals surface area contributed by atoms with E-state index >= 15 is 0 Å². The number of aliphatic carboxylic acids is 1. The molecule has 2 aromatic carbocycles. The summed E-state index contributed by atoms with van der Waals surface area (Å²) in [4.78, 5) is 29.1. The summed E-state index contributed by atoms with van der Waals surface area (Å²) in [5.74, 6) is 0.216. The summed E-state index contributed by atoms with van der Waals surface area (Å²) in [7, 11) is 1.47. The molecule has 0 saturated heterocycles. The first-order chi connectivity index (χ1) is 15.7. The molecule has 33 heavy (non-hydrogen) atoms. The van der Waals surface area contributed by atoms with Crippen LogP contribution >= 0.6 is 38.5 Å². The fourth-order valence-corrected chi connectivity index (χ4v) is 4.17. The maximum absolute atomic E-state index is 13.3. The Kier molecular flexibility index (Phi) is 8.11. The first kappa shape index (κ1) is 25.2. The first-order valence-corrected chi connectivity index (χ1v) is 12.1. The van der Waals surface area contributed by atoms with E-state index in [9.17, 15) is 9.59 Å². The van der Waals surface area contributed by atoms with Crippen molar-refractivity contribution in [3.63, 3.8) is 0 Å². The molecule has 2 atom stereocenters. The topological polar surface area (TPSA) is 103 Å². The summed E-state index contributed by atoms with van der Waals surface area (Å²) in [5, 5.41) is 14.1. The quantitative estimate of drug-likeness (QED) is 0.278. The van der Waals surface area contributed by atoms with Gasteiger partial charge in [0, 0.05) is 10.4 Å². The minimum Gasteiger partial charge on any atom is -0.493 e. The second-order valence-electron chi connectivity index (χ2n) is 7.43. The molecule has 3 rings (SSSR count). The van der Waals surface area contributed by atoms with Crippen molar-refractivity contribution in [1.82, 2.24) is 9.66 Å². The van der Waals surface area contributed by atoms with Gasteiger partial charge in [0.05, 0.1) is 27.8 Å². The summed E-state index contributed by atoms with van der Waals surface area (Å²) < 4.78 is 13.7. The Morgan fingerprint density at radius 1 is 1.33 bits per heavy atom. The molecule has 0 amide bonds. The number of methoxy groups -OCH3 is 1. The van der Waals surface area contributed by atoms with Crippen LogP contribution in [0.5, 0.6) is 11.5 Å². The van der Waals surface area contributed by atoms with Crippen molar-refractivity contribution >= 4 is 61.6 Å². The number of fused-ring (bicyclic) bond motifs is 1. The Hall–Kier alpha value is -2.47. The van der Waals surface area contributed by atoms with E-state index in [-0.39, 0.29) is 11.5 Å². The number of hydrogen-bond acceptors (Lipinski definition) is 6. The molecule has 0 radical (unpaired) electrons. The molecule has 1 N–H and O–H groups in total. The first-order valence-electron chi connectivity index (χ1n) is 10.2. The molecule has 174 valence electrons. The zero-order valence-electron chi connectivity index (χ0n) is 18.5. The maximum Gasteiger partial charge on any atom is 0.344 e. The smallest absolute Gasteiger partial charge is 0.344 e. The molecule has 8 nitrogen and oxygen atoms in total. The van der Waals surface area contributed by atoms with Crippen molar-refractivity contribution in [2.45, 2.75) is 39.2 Å². The molecule has 0 spiro atoms. The Balaban J connectivity index is 2.10. The normalized spacial score (nSPS) is 13.3. The Bertz CT molecular complexity index is 1290. The molecule has 1 aromatic heterocycles. The lowest BCUT2D eigenvalue weighted by Gasteiger charge is -2.16. The highest BCUT2D eigenvalue weighted by molar-refractivity contribution is 14.1. The van der Waals surface area contributed by atoms with Crippen LogP contribution in [0, 0.1) is 3.57 Å². The molecular weight excluding hydrogens is 605 g/mol. The Morgan fingerprint density at radius 3 is 2.70 bits per heavy atom. The summed E-state index contributed by atoms with van der Waals surface area (Å²) in [6.45, 7) is 5.47. The molecule has 1 heterocycles. The molecule has 0 bridgehead atoms. The van der Waals surface area contributed by atoms with E-state index in [2.05, 4.69) is 21.0 Å². The molecule has 3 aromatic rings. The van der Waals surface area contributed by atoms with Crippen molar-refractivity contribution in [3.05, 3.63) is 60.1 Å². The maximum atomic E-state index is 13.3. The molecule has 0 unspecified atom stereocenters. The molecule has 10 heteroatoms. The van der Waals surface area contributed by atoms with Gasteiger partial charge < -0.3 is 14.6 Å². The van der Waals surface area contributed by atoms with Gasteiger partial charge in [-0.05, 0) is 71.8 Å². The number of carboxylic acid groups (broad SMARTS) is 1. The lowest BCUT2D eigenvalue weighted by molar-refractivity contribution is -0.144. The van der Waals surface area contributed by atoms with E-state index in [0.717, 1.165) is 10.9 Å². The van der Waals surface area contributed by atoms with Gasteiger partial charge in [0.25, 0.3) is 5.56 Å². The predicted molar refractivity (Wildman–Crippen MR) is 139 cm³/mol. The summed E-state index contributed by atoms with van der Waals surface area (Å²) in [6.07, 6.45) is 1.31. The van der Waals surface area contributed by atoms with E-state index in [1.165, 1.54) is 18.7 Å². The fraction of sp³-hybridized carbons (Fsp3) is 0.304. The number of benzene rings is 2. The van der Waals surface area contributed by atoms with Gasteiger partial charge in [0.2, 0.25) is 0 Å². The predicted octanol–water partition coefficient (Wildman–Crippen LogP) is 5.02.